The van der Waals surface area contributed by atoms with Crippen molar-refractivity contribution in [2.45, 2.75) is 32.3 Å². The van der Waals surface area contributed by atoms with Gasteiger partial charge in [-0.05, 0) is 26.2 Å². The first-order valence-corrected chi connectivity index (χ1v) is 5.82. The number of hydrogen-bond acceptors (Lipinski definition) is 4. The van der Waals surface area contributed by atoms with E-state index in [1.807, 2.05) is 6.92 Å². The molecule has 1 N–H and O–H groups in total. The zero-order valence-electron chi connectivity index (χ0n) is 8.52. The number of carboxylic acids is 1. The standard InChI is InChI=1S/C10H13NO3S/c1-6-11-8(9(15-6)10(12)13)7-4-2-3-5-14-7/h7H,2-5H2,1H3,(H,12,13). The Morgan fingerprint density at radius 3 is 3.00 bits per heavy atom. The molecule has 2 heterocycles. The summed E-state index contributed by atoms with van der Waals surface area (Å²) in [6.45, 7) is 2.53. The number of ether oxygens (including phenoxy) is 1. The molecule has 0 amide bonds. The fourth-order valence-electron chi connectivity index (χ4n) is 1.77. The minimum atomic E-state index is -0.898. The summed E-state index contributed by atoms with van der Waals surface area (Å²) in [5.41, 5.74) is 0.615. The predicted octanol–water partition coefficient (Wildman–Crippen LogP) is 2.39. The highest BCUT2D eigenvalue weighted by atomic mass is 32.1. The maximum atomic E-state index is 11.0. The molecular weight excluding hydrogens is 214 g/mol. The van der Waals surface area contributed by atoms with E-state index < -0.39 is 5.97 Å². The first-order chi connectivity index (χ1) is 7.18. The Morgan fingerprint density at radius 2 is 2.40 bits per heavy atom. The van der Waals surface area contributed by atoms with Gasteiger partial charge in [0.2, 0.25) is 0 Å². The summed E-state index contributed by atoms with van der Waals surface area (Å²) >= 11 is 1.23. The number of hydrogen-bond donors (Lipinski definition) is 1. The highest BCUT2D eigenvalue weighted by molar-refractivity contribution is 7.13. The van der Waals surface area contributed by atoms with Crippen molar-refractivity contribution >= 4 is 17.3 Å². The van der Waals surface area contributed by atoms with Crippen LogP contribution in [0.1, 0.15) is 45.7 Å². The highest BCUT2D eigenvalue weighted by Gasteiger charge is 2.25. The van der Waals surface area contributed by atoms with E-state index in [0.717, 1.165) is 24.3 Å². The lowest BCUT2D eigenvalue weighted by atomic mass is 10.1. The Labute approximate surface area is 91.9 Å². The average molecular weight is 227 g/mol. The van der Waals surface area contributed by atoms with E-state index in [4.69, 9.17) is 9.84 Å². The van der Waals surface area contributed by atoms with Crippen molar-refractivity contribution in [2.75, 3.05) is 6.61 Å². The van der Waals surface area contributed by atoms with Crippen molar-refractivity contribution in [3.63, 3.8) is 0 Å². The summed E-state index contributed by atoms with van der Waals surface area (Å²) in [5, 5.41) is 9.81. The Morgan fingerprint density at radius 1 is 1.60 bits per heavy atom. The molecule has 0 spiro atoms. The molecule has 1 aromatic heterocycles. The fraction of sp³-hybridized carbons (Fsp3) is 0.600. The first kappa shape index (κ1) is 10.6. The first-order valence-electron chi connectivity index (χ1n) is 5.00. The normalized spacial score (nSPS) is 21.5. The third-order valence-corrected chi connectivity index (χ3v) is 3.41. The van der Waals surface area contributed by atoms with E-state index in [9.17, 15) is 4.79 Å². The van der Waals surface area contributed by atoms with Crippen LogP contribution in [0.15, 0.2) is 0 Å². The van der Waals surface area contributed by atoms with Gasteiger partial charge >= 0.3 is 5.97 Å². The van der Waals surface area contributed by atoms with Gasteiger partial charge in [0.25, 0.3) is 0 Å². The van der Waals surface area contributed by atoms with Crippen LogP contribution in [0.4, 0.5) is 0 Å². The third-order valence-electron chi connectivity index (χ3n) is 2.44. The van der Waals surface area contributed by atoms with Gasteiger partial charge in [-0.2, -0.15) is 0 Å². The largest absolute Gasteiger partial charge is 0.477 e. The van der Waals surface area contributed by atoms with Crippen LogP contribution in [0.2, 0.25) is 0 Å². The Bertz CT molecular complexity index is 369. The smallest absolute Gasteiger partial charge is 0.347 e. The van der Waals surface area contributed by atoms with Crippen molar-refractivity contribution in [3.8, 4) is 0 Å². The number of aryl methyl sites for hydroxylation is 1. The molecule has 5 heteroatoms. The third kappa shape index (κ3) is 2.18. The minimum Gasteiger partial charge on any atom is -0.477 e. The number of carbonyl (C=O) groups is 1. The molecule has 1 aromatic rings. The van der Waals surface area contributed by atoms with Gasteiger partial charge in [0.1, 0.15) is 11.0 Å². The van der Waals surface area contributed by atoms with Crippen molar-refractivity contribution in [2.24, 2.45) is 0 Å². The number of rotatable bonds is 2. The number of thiazole rings is 1. The number of nitrogens with zero attached hydrogens (tertiary/aromatic N) is 1. The van der Waals surface area contributed by atoms with Crippen molar-refractivity contribution in [3.05, 3.63) is 15.6 Å². The van der Waals surface area contributed by atoms with E-state index in [2.05, 4.69) is 4.98 Å². The Kier molecular flexibility index (Phi) is 3.02. The summed E-state index contributed by atoms with van der Waals surface area (Å²) in [6.07, 6.45) is 2.90. The quantitative estimate of drug-likeness (QED) is 0.842. The van der Waals surface area contributed by atoms with Gasteiger partial charge in [0.15, 0.2) is 0 Å². The maximum absolute atomic E-state index is 11.0. The summed E-state index contributed by atoms with van der Waals surface area (Å²) in [5.74, 6) is -0.898. The Hall–Kier alpha value is -0.940. The number of aromatic nitrogens is 1. The Balaban J connectivity index is 2.28. The van der Waals surface area contributed by atoms with Crippen LogP contribution in [0, 0.1) is 6.92 Å². The second-order valence-electron chi connectivity index (χ2n) is 3.61. The topological polar surface area (TPSA) is 59.4 Å². The molecule has 0 aromatic carbocycles. The molecular formula is C10H13NO3S. The van der Waals surface area contributed by atoms with E-state index in [1.54, 1.807) is 0 Å². The van der Waals surface area contributed by atoms with Crippen LogP contribution < -0.4 is 0 Å². The molecule has 1 aliphatic heterocycles. The number of carboxylic acid groups (broad SMARTS) is 1. The fourth-order valence-corrected chi connectivity index (χ4v) is 2.58. The molecule has 2 rings (SSSR count). The summed E-state index contributed by atoms with van der Waals surface area (Å²) in [7, 11) is 0. The van der Waals surface area contributed by atoms with E-state index in [-0.39, 0.29) is 6.10 Å². The van der Waals surface area contributed by atoms with E-state index in [1.165, 1.54) is 11.3 Å². The van der Waals surface area contributed by atoms with Gasteiger partial charge in [-0.1, -0.05) is 0 Å². The van der Waals surface area contributed by atoms with Crippen molar-refractivity contribution in [1.29, 1.82) is 0 Å². The molecule has 0 saturated carbocycles. The maximum Gasteiger partial charge on any atom is 0.347 e. The molecule has 1 saturated heterocycles. The second kappa shape index (κ2) is 4.28. The minimum absolute atomic E-state index is 0.116. The molecule has 0 radical (unpaired) electrons. The summed E-state index contributed by atoms with van der Waals surface area (Å²) < 4.78 is 5.55. The van der Waals surface area contributed by atoms with Crippen LogP contribution >= 0.6 is 11.3 Å². The van der Waals surface area contributed by atoms with Gasteiger partial charge in [0, 0.05) is 6.61 Å². The molecule has 0 bridgehead atoms. The molecule has 4 nitrogen and oxygen atoms in total. The molecule has 82 valence electrons. The second-order valence-corrected chi connectivity index (χ2v) is 4.81. The SMILES string of the molecule is Cc1nc(C2CCCCO2)c(C(=O)O)s1. The lowest BCUT2D eigenvalue weighted by Gasteiger charge is -2.21. The monoisotopic (exact) mass is 227 g/mol. The van der Waals surface area contributed by atoms with Gasteiger partial charge in [-0.25, -0.2) is 9.78 Å². The lowest BCUT2D eigenvalue weighted by molar-refractivity contribution is 0.0116. The average Bonchev–Trinajstić information content (AvgIpc) is 2.62. The number of aromatic carboxylic acids is 1. The highest BCUT2D eigenvalue weighted by Crippen LogP contribution is 2.32. The molecule has 1 atom stereocenters. The molecule has 1 fully saturated rings. The zero-order chi connectivity index (χ0) is 10.8. The van der Waals surface area contributed by atoms with Crippen LogP contribution in [0.5, 0.6) is 0 Å². The molecule has 0 aliphatic carbocycles. The van der Waals surface area contributed by atoms with E-state index in [0.29, 0.717) is 17.2 Å². The van der Waals surface area contributed by atoms with E-state index >= 15 is 0 Å². The van der Waals surface area contributed by atoms with Gasteiger partial charge < -0.3 is 9.84 Å². The van der Waals surface area contributed by atoms with Gasteiger partial charge in [0.05, 0.1) is 10.7 Å². The summed E-state index contributed by atoms with van der Waals surface area (Å²) in [6, 6.07) is 0. The van der Waals surface area contributed by atoms with Crippen LogP contribution in [-0.2, 0) is 4.74 Å². The molecule has 1 unspecified atom stereocenters. The van der Waals surface area contributed by atoms with Crippen molar-refractivity contribution in [1.82, 2.24) is 4.98 Å². The van der Waals surface area contributed by atoms with Gasteiger partial charge in [-0.15, -0.1) is 11.3 Å². The summed E-state index contributed by atoms with van der Waals surface area (Å²) in [4.78, 5) is 15.6. The molecule has 15 heavy (non-hydrogen) atoms. The predicted molar refractivity (Wildman–Crippen MR) is 56.4 cm³/mol. The molecule has 1 aliphatic rings. The zero-order valence-corrected chi connectivity index (χ0v) is 9.34. The van der Waals surface area contributed by atoms with Crippen molar-refractivity contribution < 1.29 is 14.6 Å². The van der Waals surface area contributed by atoms with Crippen LogP contribution in [0.25, 0.3) is 0 Å². The van der Waals surface area contributed by atoms with Crippen LogP contribution in [0.3, 0.4) is 0 Å². The lowest BCUT2D eigenvalue weighted by Crippen LogP contribution is -2.14. The van der Waals surface area contributed by atoms with Crippen LogP contribution in [-0.4, -0.2) is 22.7 Å². The van der Waals surface area contributed by atoms with Gasteiger partial charge in [-0.3, -0.25) is 0 Å².